The van der Waals surface area contributed by atoms with Gasteiger partial charge in [0.25, 0.3) is 0 Å². The van der Waals surface area contributed by atoms with E-state index in [1.165, 1.54) is 0 Å². The van der Waals surface area contributed by atoms with E-state index in [1.807, 2.05) is 24.3 Å². The number of pyridine rings is 1. The predicted octanol–water partition coefficient (Wildman–Crippen LogP) is 1.62. The van der Waals surface area contributed by atoms with E-state index < -0.39 is 5.60 Å². The molecule has 0 fully saturated rings. The van der Waals surface area contributed by atoms with Gasteiger partial charge in [0.1, 0.15) is 5.60 Å². The molecule has 0 bridgehead atoms. The lowest BCUT2D eigenvalue weighted by molar-refractivity contribution is 0.0891. The Bertz CT molecular complexity index is 294. The van der Waals surface area contributed by atoms with Crippen LogP contribution in [0.1, 0.15) is 18.4 Å². The molecule has 2 nitrogen and oxygen atoms in total. The van der Waals surface area contributed by atoms with Crippen LogP contribution in [-0.2, 0) is 5.60 Å². The number of nitrogens with zero attached hydrogens (tertiary/aromatic N) is 1. The second kappa shape index (κ2) is 2.72. The Morgan fingerprint density at radius 3 is 3.00 bits per heavy atom. The number of hydrogen-bond donors (Lipinski definition) is 1. The maximum absolute atomic E-state index is 10.0. The summed E-state index contributed by atoms with van der Waals surface area (Å²) in [5, 5.41) is 10.0. The first kappa shape index (κ1) is 7.50. The van der Waals surface area contributed by atoms with Gasteiger partial charge in [-0.15, -0.1) is 0 Å². The van der Waals surface area contributed by atoms with E-state index >= 15 is 0 Å². The Labute approximate surface area is 71.6 Å². The van der Waals surface area contributed by atoms with E-state index in [-0.39, 0.29) is 0 Å². The number of aromatic nitrogens is 1. The van der Waals surface area contributed by atoms with Gasteiger partial charge in [0.2, 0.25) is 0 Å². The minimum atomic E-state index is -0.756. The largest absolute Gasteiger partial charge is 0.381 e. The normalized spacial score (nSPS) is 27.8. The molecule has 1 heterocycles. The van der Waals surface area contributed by atoms with Crippen molar-refractivity contribution in [3.05, 3.63) is 42.2 Å². The van der Waals surface area contributed by atoms with E-state index in [2.05, 4.69) is 4.98 Å². The summed E-state index contributed by atoms with van der Waals surface area (Å²) in [7, 11) is 0. The van der Waals surface area contributed by atoms with E-state index in [0.717, 1.165) is 18.4 Å². The molecule has 1 aromatic rings. The third-order valence-electron chi connectivity index (χ3n) is 2.25. The van der Waals surface area contributed by atoms with Crippen LogP contribution in [-0.4, -0.2) is 10.1 Å². The van der Waals surface area contributed by atoms with Crippen molar-refractivity contribution in [2.45, 2.75) is 18.4 Å². The van der Waals surface area contributed by atoms with Crippen LogP contribution in [0.15, 0.2) is 36.7 Å². The number of hydrogen-bond acceptors (Lipinski definition) is 2. The molecular formula is C10H11NO. The van der Waals surface area contributed by atoms with E-state index in [4.69, 9.17) is 0 Å². The third-order valence-corrected chi connectivity index (χ3v) is 2.25. The molecule has 0 aromatic carbocycles. The molecule has 62 valence electrons. The fraction of sp³-hybridized carbons (Fsp3) is 0.300. The summed E-state index contributed by atoms with van der Waals surface area (Å²) in [5.41, 5.74) is 0.132. The highest BCUT2D eigenvalue weighted by Gasteiger charge is 2.28. The van der Waals surface area contributed by atoms with Gasteiger partial charge in [-0.2, -0.15) is 0 Å². The van der Waals surface area contributed by atoms with Crippen molar-refractivity contribution in [3.8, 4) is 0 Å². The summed E-state index contributed by atoms with van der Waals surface area (Å²) < 4.78 is 0. The fourth-order valence-corrected chi connectivity index (χ4v) is 1.52. The minimum Gasteiger partial charge on any atom is -0.381 e. The monoisotopic (exact) mass is 161 g/mol. The van der Waals surface area contributed by atoms with E-state index in [9.17, 15) is 5.11 Å². The third kappa shape index (κ3) is 1.14. The van der Waals surface area contributed by atoms with Crippen molar-refractivity contribution in [1.82, 2.24) is 4.98 Å². The van der Waals surface area contributed by atoms with E-state index in [1.54, 1.807) is 12.4 Å². The van der Waals surface area contributed by atoms with Gasteiger partial charge < -0.3 is 5.11 Å². The molecule has 1 aromatic heterocycles. The molecule has 12 heavy (non-hydrogen) atoms. The highest BCUT2D eigenvalue weighted by atomic mass is 16.3. The number of rotatable bonds is 1. The van der Waals surface area contributed by atoms with Gasteiger partial charge in [-0.3, -0.25) is 4.98 Å². The molecule has 1 aliphatic rings. The first-order chi connectivity index (χ1) is 5.81. The first-order valence-corrected chi connectivity index (χ1v) is 4.12. The Morgan fingerprint density at radius 2 is 2.42 bits per heavy atom. The van der Waals surface area contributed by atoms with Crippen LogP contribution in [0.5, 0.6) is 0 Å². The Hall–Kier alpha value is -1.15. The summed E-state index contributed by atoms with van der Waals surface area (Å²) >= 11 is 0. The van der Waals surface area contributed by atoms with Crippen molar-refractivity contribution < 1.29 is 5.11 Å². The first-order valence-electron chi connectivity index (χ1n) is 4.12. The molecule has 2 rings (SSSR count). The van der Waals surface area contributed by atoms with Crippen molar-refractivity contribution in [2.24, 2.45) is 0 Å². The molecule has 1 N–H and O–H groups in total. The maximum atomic E-state index is 10.0. The molecule has 0 radical (unpaired) electrons. The van der Waals surface area contributed by atoms with Crippen molar-refractivity contribution in [3.63, 3.8) is 0 Å². The quantitative estimate of drug-likeness (QED) is 0.635. The van der Waals surface area contributed by atoms with Crippen molar-refractivity contribution in [1.29, 1.82) is 0 Å². The molecule has 1 atom stereocenters. The second-order valence-corrected chi connectivity index (χ2v) is 3.11. The SMILES string of the molecule is O[C@]1(c2cccnc2)C=CCC1. The smallest absolute Gasteiger partial charge is 0.109 e. The van der Waals surface area contributed by atoms with Crippen LogP contribution in [0.25, 0.3) is 0 Å². The zero-order valence-corrected chi connectivity index (χ0v) is 6.77. The standard InChI is InChI=1S/C10H11NO/c12-10(5-1-2-6-10)9-4-3-7-11-8-9/h1,3-5,7-8,12H,2,6H2/t10-/m1/s1. The lowest BCUT2D eigenvalue weighted by Gasteiger charge is -2.19. The Balaban J connectivity index is 2.36. The Kier molecular flexibility index (Phi) is 1.70. The maximum Gasteiger partial charge on any atom is 0.109 e. The summed E-state index contributed by atoms with van der Waals surface area (Å²) in [6.45, 7) is 0. The lowest BCUT2D eigenvalue weighted by Crippen LogP contribution is -2.19. The van der Waals surface area contributed by atoms with Crippen LogP contribution in [0.4, 0.5) is 0 Å². The van der Waals surface area contributed by atoms with Crippen LogP contribution in [0, 0.1) is 0 Å². The van der Waals surface area contributed by atoms with E-state index in [0.29, 0.717) is 0 Å². The molecule has 1 aliphatic carbocycles. The van der Waals surface area contributed by atoms with Gasteiger partial charge in [-0.05, 0) is 18.9 Å². The molecule has 0 saturated carbocycles. The van der Waals surface area contributed by atoms with Crippen LogP contribution in [0.2, 0.25) is 0 Å². The van der Waals surface area contributed by atoms with Gasteiger partial charge in [0.15, 0.2) is 0 Å². The van der Waals surface area contributed by atoms with Crippen LogP contribution >= 0.6 is 0 Å². The van der Waals surface area contributed by atoms with Gasteiger partial charge in [-0.1, -0.05) is 18.2 Å². The van der Waals surface area contributed by atoms with Crippen LogP contribution in [0.3, 0.4) is 0 Å². The summed E-state index contributed by atoms with van der Waals surface area (Å²) in [6.07, 6.45) is 9.02. The van der Waals surface area contributed by atoms with Gasteiger partial charge in [0, 0.05) is 18.0 Å². The fourth-order valence-electron chi connectivity index (χ4n) is 1.52. The molecule has 0 unspecified atom stereocenters. The van der Waals surface area contributed by atoms with Gasteiger partial charge in [-0.25, -0.2) is 0 Å². The number of allylic oxidation sites excluding steroid dienone is 1. The topological polar surface area (TPSA) is 33.1 Å². The molecule has 0 amide bonds. The summed E-state index contributed by atoms with van der Waals surface area (Å²) in [5.74, 6) is 0. The van der Waals surface area contributed by atoms with Gasteiger partial charge >= 0.3 is 0 Å². The van der Waals surface area contributed by atoms with Gasteiger partial charge in [0.05, 0.1) is 0 Å². The average molecular weight is 161 g/mol. The average Bonchev–Trinajstić information content (AvgIpc) is 2.55. The predicted molar refractivity (Wildman–Crippen MR) is 46.5 cm³/mol. The highest BCUT2D eigenvalue weighted by Crippen LogP contribution is 2.32. The molecule has 2 heteroatoms. The highest BCUT2D eigenvalue weighted by molar-refractivity contribution is 5.26. The summed E-state index contributed by atoms with van der Waals surface area (Å²) in [6, 6.07) is 3.75. The van der Waals surface area contributed by atoms with Crippen LogP contribution < -0.4 is 0 Å². The molecular weight excluding hydrogens is 150 g/mol. The zero-order chi connectivity index (χ0) is 8.44. The number of aliphatic hydroxyl groups is 1. The molecule has 0 saturated heterocycles. The molecule has 0 aliphatic heterocycles. The second-order valence-electron chi connectivity index (χ2n) is 3.11. The van der Waals surface area contributed by atoms with Crippen molar-refractivity contribution in [2.75, 3.05) is 0 Å². The molecule has 0 spiro atoms. The summed E-state index contributed by atoms with van der Waals surface area (Å²) in [4.78, 5) is 3.98. The zero-order valence-electron chi connectivity index (χ0n) is 6.77. The van der Waals surface area contributed by atoms with Crippen molar-refractivity contribution >= 4 is 0 Å². The lowest BCUT2D eigenvalue weighted by atomic mass is 9.95. The minimum absolute atomic E-state index is 0.756. The Morgan fingerprint density at radius 1 is 1.50 bits per heavy atom.